The topological polar surface area (TPSA) is 57.6 Å². The molecule has 0 bridgehead atoms. The first-order valence-electron chi connectivity index (χ1n) is 10.2. The maximum absolute atomic E-state index is 5.52. The van der Waals surface area contributed by atoms with Gasteiger partial charge in [-0.1, -0.05) is 30.4 Å². The van der Waals surface area contributed by atoms with Crippen molar-refractivity contribution in [2.24, 2.45) is 0 Å². The lowest BCUT2D eigenvalue weighted by molar-refractivity contribution is 0.122. The van der Waals surface area contributed by atoms with E-state index in [-0.39, 0.29) is 0 Å². The minimum absolute atomic E-state index is 0.718. The Kier molecular flexibility index (Phi) is 4.83. The van der Waals surface area contributed by atoms with Gasteiger partial charge in [-0.3, -0.25) is 0 Å². The van der Waals surface area contributed by atoms with Crippen molar-refractivity contribution in [3.63, 3.8) is 0 Å². The molecule has 4 heterocycles. The van der Waals surface area contributed by atoms with Gasteiger partial charge in [-0.25, -0.2) is 0 Å². The average molecular weight is 378 g/mol. The van der Waals surface area contributed by atoms with Gasteiger partial charge in [-0.05, 0) is 30.9 Å². The van der Waals surface area contributed by atoms with Gasteiger partial charge in [-0.2, -0.15) is 15.0 Å². The molecular formula is C21H26N6O. The van der Waals surface area contributed by atoms with Crippen molar-refractivity contribution in [1.29, 1.82) is 0 Å². The molecule has 5 rings (SSSR count). The van der Waals surface area contributed by atoms with Crippen molar-refractivity contribution in [2.75, 3.05) is 60.6 Å². The highest BCUT2D eigenvalue weighted by molar-refractivity contribution is 5.65. The number of hydrogen-bond acceptors (Lipinski definition) is 7. The van der Waals surface area contributed by atoms with Gasteiger partial charge in [0.2, 0.25) is 17.8 Å². The summed E-state index contributed by atoms with van der Waals surface area (Å²) in [6, 6.07) is 8.59. The third kappa shape index (κ3) is 3.42. The summed E-state index contributed by atoms with van der Waals surface area (Å²) in [4.78, 5) is 21.4. The molecule has 3 aliphatic heterocycles. The number of para-hydroxylation sites is 1. The fraction of sp³-hybridized carbons (Fsp3) is 0.476. The molecule has 1 fully saturated rings. The summed E-state index contributed by atoms with van der Waals surface area (Å²) < 4.78 is 5.52. The number of aryl methyl sites for hydroxylation is 1. The van der Waals surface area contributed by atoms with Crippen LogP contribution in [-0.2, 0) is 11.2 Å². The zero-order valence-electron chi connectivity index (χ0n) is 16.1. The van der Waals surface area contributed by atoms with Gasteiger partial charge < -0.3 is 19.4 Å². The predicted octanol–water partition coefficient (Wildman–Crippen LogP) is 2.56. The van der Waals surface area contributed by atoms with Crippen molar-refractivity contribution in [2.45, 2.75) is 19.3 Å². The fourth-order valence-corrected chi connectivity index (χ4v) is 4.07. The second-order valence-electron chi connectivity index (χ2n) is 7.42. The Morgan fingerprint density at radius 1 is 0.786 bits per heavy atom. The third-order valence-electron chi connectivity index (χ3n) is 5.59. The lowest BCUT2D eigenvalue weighted by Crippen LogP contribution is -2.39. The van der Waals surface area contributed by atoms with Gasteiger partial charge in [0.1, 0.15) is 0 Å². The molecule has 2 aromatic rings. The second-order valence-corrected chi connectivity index (χ2v) is 7.42. The van der Waals surface area contributed by atoms with Gasteiger partial charge in [0.25, 0.3) is 0 Å². The molecule has 0 saturated carbocycles. The molecule has 1 aromatic heterocycles. The Labute approximate surface area is 165 Å². The highest BCUT2D eigenvalue weighted by atomic mass is 16.5. The van der Waals surface area contributed by atoms with Crippen LogP contribution < -0.4 is 14.7 Å². The monoisotopic (exact) mass is 378 g/mol. The van der Waals surface area contributed by atoms with Crippen molar-refractivity contribution < 1.29 is 4.74 Å². The van der Waals surface area contributed by atoms with Gasteiger partial charge in [-0.15, -0.1) is 0 Å². The molecule has 0 aliphatic carbocycles. The molecular weight excluding hydrogens is 352 g/mol. The minimum Gasteiger partial charge on any atom is -0.378 e. The maximum atomic E-state index is 5.52. The number of ether oxygens (including phenoxy) is 1. The molecule has 146 valence electrons. The Hall–Kier alpha value is -2.67. The Morgan fingerprint density at radius 3 is 2.39 bits per heavy atom. The van der Waals surface area contributed by atoms with Crippen LogP contribution in [0.15, 0.2) is 36.4 Å². The van der Waals surface area contributed by atoms with Crippen molar-refractivity contribution >= 4 is 23.5 Å². The number of hydrogen-bond donors (Lipinski definition) is 0. The number of nitrogens with zero attached hydrogens (tertiary/aromatic N) is 6. The molecule has 1 saturated heterocycles. The highest BCUT2D eigenvalue weighted by Gasteiger charge is 2.25. The first kappa shape index (κ1) is 17.4. The first-order valence-corrected chi connectivity index (χ1v) is 10.2. The smallest absolute Gasteiger partial charge is 0.236 e. The van der Waals surface area contributed by atoms with Crippen LogP contribution in [0.3, 0.4) is 0 Å². The van der Waals surface area contributed by atoms with Crippen molar-refractivity contribution in [3.8, 4) is 0 Å². The summed E-state index contributed by atoms with van der Waals surface area (Å²) in [7, 11) is 0. The predicted molar refractivity (Wildman–Crippen MR) is 111 cm³/mol. The van der Waals surface area contributed by atoms with Gasteiger partial charge >= 0.3 is 0 Å². The van der Waals surface area contributed by atoms with E-state index in [1.807, 2.05) is 0 Å². The SMILES string of the molecule is C1=CCN(c2nc(N3CCOCC3)nc(N3CCCc4ccccc43)n2)CC1. The van der Waals surface area contributed by atoms with E-state index < -0.39 is 0 Å². The molecule has 1 aromatic carbocycles. The van der Waals surface area contributed by atoms with E-state index in [0.29, 0.717) is 0 Å². The summed E-state index contributed by atoms with van der Waals surface area (Å²) >= 11 is 0. The van der Waals surface area contributed by atoms with Crippen LogP contribution in [0, 0.1) is 0 Å². The number of rotatable bonds is 3. The highest BCUT2D eigenvalue weighted by Crippen LogP contribution is 2.33. The van der Waals surface area contributed by atoms with Crippen molar-refractivity contribution in [1.82, 2.24) is 15.0 Å². The molecule has 7 nitrogen and oxygen atoms in total. The van der Waals surface area contributed by atoms with Gasteiger partial charge in [0, 0.05) is 38.4 Å². The summed E-state index contributed by atoms with van der Waals surface area (Å²) in [5, 5.41) is 0. The maximum Gasteiger partial charge on any atom is 0.236 e. The second kappa shape index (κ2) is 7.75. The molecule has 0 radical (unpaired) electrons. The molecule has 3 aliphatic rings. The molecule has 0 N–H and O–H groups in total. The standard InChI is InChI=1S/C21H26N6O/c1-4-10-25(11-5-1)19-22-20(26-13-15-28-16-14-26)24-21(23-19)27-12-6-8-17-7-2-3-9-18(17)27/h1-4,7,9H,5-6,8,10-16H2. The van der Waals surface area contributed by atoms with E-state index in [1.165, 1.54) is 11.3 Å². The molecule has 0 amide bonds. The van der Waals surface area contributed by atoms with E-state index in [1.54, 1.807) is 0 Å². The largest absolute Gasteiger partial charge is 0.378 e. The van der Waals surface area contributed by atoms with Gasteiger partial charge in [0.05, 0.1) is 13.2 Å². The van der Waals surface area contributed by atoms with E-state index >= 15 is 0 Å². The zero-order chi connectivity index (χ0) is 18.8. The zero-order valence-corrected chi connectivity index (χ0v) is 16.1. The van der Waals surface area contributed by atoms with Crippen molar-refractivity contribution in [3.05, 3.63) is 42.0 Å². The normalized spacial score (nSPS) is 19.6. The van der Waals surface area contributed by atoms with Crippen LogP contribution in [0.1, 0.15) is 18.4 Å². The lowest BCUT2D eigenvalue weighted by atomic mass is 10.0. The van der Waals surface area contributed by atoms with Crippen LogP contribution in [0.2, 0.25) is 0 Å². The molecule has 0 atom stereocenters. The Balaban J connectivity index is 1.56. The van der Waals surface area contributed by atoms with E-state index in [0.717, 1.165) is 83.0 Å². The summed E-state index contributed by atoms with van der Waals surface area (Å²) in [5.74, 6) is 2.30. The first-order chi connectivity index (χ1) is 13.9. The van der Waals surface area contributed by atoms with Crippen LogP contribution >= 0.6 is 0 Å². The third-order valence-corrected chi connectivity index (χ3v) is 5.59. The number of benzene rings is 1. The van der Waals surface area contributed by atoms with E-state index in [2.05, 4.69) is 51.1 Å². The quantitative estimate of drug-likeness (QED) is 0.761. The van der Waals surface area contributed by atoms with E-state index in [4.69, 9.17) is 19.7 Å². The summed E-state index contributed by atoms with van der Waals surface area (Å²) in [6.07, 6.45) is 7.66. The molecule has 28 heavy (non-hydrogen) atoms. The Morgan fingerprint density at radius 2 is 1.57 bits per heavy atom. The number of morpholine rings is 1. The molecule has 0 spiro atoms. The number of fused-ring (bicyclic) bond motifs is 1. The number of anilines is 4. The summed E-state index contributed by atoms with van der Waals surface area (Å²) in [5.41, 5.74) is 2.59. The van der Waals surface area contributed by atoms with Crippen LogP contribution in [0.4, 0.5) is 23.5 Å². The van der Waals surface area contributed by atoms with E-state index in [9.17, 15) is 0 Å². The van der Waals surface area contributed by atoms with Crippen LogP contribution in [0.5, 0.6) is 0 Å². The molecule has 0 unspecified atom stereocenters. The average Bonchev–Trinajstić information content (AvgIpc) is 2.79. The lowest BCUT2D eigenvalue weighted by Gasteiger charge is -2.33. The minimum atomic E-state index is 0.718. The van der Waals surface area contributed by atoms with Gasteiger partial charge in [0.15, 0.2) is 0 Å². The van der Waals surface area contributed by atoms with Crippen LogP contribution in [0.25, 0.3) is 0 Å². The fourth-order valence-electron chi connectivity index (χ4n) is 4.07. The van der Waals surface area contributed by atoms with Crippen LogP contribution in [-0.4, -0.2) is 60.9 Å². The number of aromatic nitrogens is 3. The molecule has 7 heteroatoms. The Bertz CT molecular complexity index is 864. The summed E-state index contributed by atoms with van der Waals surface area (Å²) in [6.45, 7) is 5.80.